The van der Waals surface area contributed by atoms with Gasteiger partial charge in [0.05, 0.1) is 12.7 Å². The standard InChI is InChI=1S/C35H33FN2O3/c1-41-35(40)26-9-5-8-25(18-26)29-15-12-27(20-37-34(39)32-19-31(32)24-6-3-2-4-7-24)33-22-38(17-16-30(29)33)21-23-10-13-28(36)14-11-23/h2-15,18,31-32H,16-17,19-22H2,1H3,(H,37,39)/t31-,32+/m1/s1. The molecule has 0 bridgehead atoms. The summed E-state index contributed by atoms with van der Waals surface area (Å²) in [4.78, 5) is 27.7. The number of ether oxygens (including phenoxy) is 1. The molecule has 0 aromatic heterocycles. The zero-order valence-electron chi connectivity index (χ0n) is 23.1. The lowest BCUT2D eigenvalue weighted by atomic mass is 9.87. The molecule has 1 aliphatic carbocycles. The van der Waals surface area contributed by atoms with Crippen molar-refractivity contribution < 1.29 is 18.7 Å². The topological polar surface area (TPSA) is 58.6 Å². The molecule has 1 saturated carbocycles. The fourth-order valence-electron chi connectivity index (χ4n) is 6.01. The molecule has 0 saturated heterocycles. The van der Waals surface area contributed by atoms with Gasteiger partial charge in [0.2, 0.25) is 5.91 Å². The summed E-state index contributed by atoms with van der Waals surface area (Å²) in [7, 11) is 1.39. The number of hydrogen-bond acceptors (Lipinski definition) is 4. The normalized spacial score (nSPS) is 17.9. The van der Waals surface area contributed by atoms with Crippen LogP contribution < -0.4 is 5.32 Å². The Hall–Kier alpha value is -4.29. The number of halogens is 1. The number of amides is 1. The SMILES string of the molecule is COC(=O)c1cccc(-c2ccc(CNC(=O)[C@H]3C[C@@H]3c3ccccc3)c3c2CCN(Cc2ccc(F)cc2)C3)c1. The van der Waals surface area contributed by atoms with E-state index in [9.17, 15) is 14.0 Å². The van der Waals surface area contributed by atoms with Crippen molar-refractivity contribution in [3.05, 3.63) is 130 Å². The maximum atomic E-state index is 13.5. The second kappa shape index (κ2) is 11.7. The van der Waals surface area contributed by atoms with Gasteiger partial charge in [0.1, 0.15) is 5.82 Å². The fourth-order valence-corrected chi connectivity index (χ4v) is 6.01. The largest absolute Gasteiger partial charge is 0.465 e. The summed E-state index contributed by atoms with van der Waals surface area (Å²) in [5.41, 5.74) is 8.40. The highest BCUT2D eigenvalue weighted by Crippen LogP contribution is 2.47. The van der Waals surface area contributed by atoms with E-state index in [0.29, 0.717) is 24.6 Å². The first-order chi connectivity index (χ1) is 20.0. The molecule has 1 aliphatic heterocycles. The van der Waals surface area contributed by atoms with Crippen LogP contribution in [0.15, 0.2) is 91.0 Å². The maximum Gasteiger partial charge on any atom is 0.337 e. The Kier molecular flexibility index (Phi) is 7.66. The molecule has 5 nitrogen and oxygen atoms in total. The number of methoxy groups -OCH3 is 1. The van der Waals surface area contributed by atoms with E-state index in [0.717, 1.165) is 48.2 Å². The van der Waals surface area contributed by atoms with Crippen LogP contribution in [0, 0.1) is 11.7 Å². The number of benzene rings is 4. The van der Waals surface area contributed by atoms with Crippen LogP contribution in [-0.4, -0.2) is 30.4 Å². The zero-order chi connectivity index (χ0) is 28.3. The van der Waals surface area contributed by atoms with Crippen LogP contribution in [0.3, 0.4) is 0 Å². The Morgan fingerprint density at radius 1 is 0.951 bits per heavy atom. The summed E-state index contributed by atoms with van der Waals surface area (Å²) in [5.74, 6) is -0.190. The van der Waals surface area contributed by atoms with E-state index < -0.39 is 0 Å². The summed E-state index contributed by atoms with van der Waals surface area (Å²) in [6, 6.07) is 28.6. The first kappa shape index (κ1) is 26.9. The molecule has 1 fully saturated rings. The van der Waals surface area contributed by atoms with Crippen LogP contribution in [0.25, 0.3) is 11.1 Å². The molecule has 41 heavy (non-hydrogen) atoms. The van der Waals surface area contributed by atoms with Crippen molar-refractivity contribution in [1.82, 2.24) is 10.2 Å². The number of carbonyl (C=O) groups excluding carboxylic acids is 2. The van der Waals surface area contributed by atoms with Gasteiger partial charge in [0.15, 0.2) is 0 Å². The van der Waals surface area contributed by atoms with E-state index >= 15 is 0 Å². The predicted molar refractivity (Wildman–Crippen MR) is 157 cm³/mol. The van der Waals surface area contributed by atoms with Crippen LogP contribution in [0.2, 0.25) is 0 Å². The highest BCUT2D eigenvalue weighted by Gasteiger charge is 2.43. The summed E-state index contributed by atoms with van der Waals surface area (Å²) in [6.45, 7) is 2.75. The Balaban J connectivity index is 1.25. The minimum Gasteiger partial charge on any atom is -0.465 e. The number of esters is 1. The second-order valence-electron chi connectivity index (χ2n) is 11.0. The molecule has 2 atom stereocenters. The Morgan fingerprint density at radius 3 is 2.54 bits per heavy atom. The molecular weight excluding hydrogens is 515 g/mol. The number of hydrogen-bond donors (Lipinski definition) is 1. The monoisotopic (exact) mass is 548 g/mol. The van der Waals surface area contributed by atoms with Gasteiger partial charge in [-0.3, -0.25) is 9.69 Å². The average Bonchev–Trinajstić information content (AvgIpc) is 3.82. The lowest BCUT2D eigenvalue weighted by Gasteiger charge is -2.32. The molecule has 4 aromatic carbocycles. The van der Waals surface area contributed by atoms with E-state index in [1.165, 1.54) is 35.9 Å². The van der Waals surface area contributed by atoms with Gasteiger partial charge in [0, 0.05) is 32.1 Å². The molecule has 1 N–H and O–H groups in total. The van der Waals surface area contributed by atoms with Gasteiger partial charge >= 0.3 is 5.97 Å². The van der Waals surface area contributed by atoms with E-state index in [1.807, 2.05) is 48.5 Å². The molecular formula is C35H33FN2O3. The predicted octanol–water partition coefficient (Wildman–Crippen LogP) is 6.26. The van der Waals surface area contributed by atoms with Gasteiger partial charge in [-0.15, -0.1) is 0 Å². The number of fused-ring (bicyclic) bond motifs is 1. The van der Waals surface area contributed by atoms with Crippen molar-refractivity contribution in [2.45, 2.75) is 38.4 Å². The first-order valence-electron chi connectivity index (χ1n) is 14.1. The quantitative estimate of drug-likeness (QED) is 0.264. The molecule has 2 aliphatic rings. The maximum absolute atomic E-state index is 13.5. The van der Waals surface area contributed by atoms with Crippen molar-refractivity contribution >= 4 is 11.9 Å². The molecule has 0 unspecified atom stereocenters. The van der Waals surface area contributed by atoms with Crippen molar-refractivity contribution in [1.29, 1.82) is 0 Å². The van der Waals surface area contributed by atoms with Gasteiger partial charge in [-0.1, -0.05) is 66.7 Å². The van der Waals surface area contributed by atoms with Crippen molar-refractivity contribution in [3.63, 3.8) is 0 Å². The third-order valence-electron chi connectivity index (χ3n) is 8.31. The Labute approximate surface area is 240 Å². The van der Waals surface area contributed by atoms with Gasteiger partial charge in [-0.25, -0.2) is 9.18 Å². The van der Waals surface area contributed by atoms with E-state index in [-0.39, 0.29) is 23.6 Å². The molecule has 1 heterocycles. The summed E-state index contributed by atoms with van der Waals surface area (Å²) >= 11 is 0. The molecule has 1 amide bonds. The third-order valence-corrected chi connectivity index (χ3v) is 8.31. The third kappa shape index (κ3) is 5.93. The van der Waals surface area contributed by atoms with Crippen molar-refractivity contribution in [2.75, 3.05) is 13.7 Å². The molecule has 0 radical (unpaired) electrons. The molecule has 6 heteroatoms. The summed E-state index contributed by atoms with van der Waals surface area (Å²) < 4.78 is 18.4. The average molecular weight is 549 g/mol. The summed E-state index contributed by atoms with van der Waals surface area (Å²) in [5, 5.41) is 3.21. The van der Waals surface area contributed by atoms with Gasteiger partial charge in [0.25, 0.3) is 0 Å². The van der Waals surface area contributed by atoms with Gasteiger partial charge < -0.3 is 10.1 Å². The minimum absolute atomic E-state index is 0.0172. The lowest BCUT2D eigenvalue weighted by molar-refractivity contribution is -0.122. The van der Waals surface area contributed by atoms with Crippen LogP contribution in [0.5, 0.6) is 0 Å². The second-order valence-corrected chi connectivity index (χ2v) is 11.0. The minimum atomic E-state index is -0.362. The zero-order valence-corrected chi connectivity index (χ0v) is 23.1. The fraction of sp³-hybridized carbons (Fsp3) is 0.257. The number of nitrogens with one attached hydrogen (secondary N) is 1. The van der Waals surface area contributed by atoms with Crippen molar-refractivity contribution in [3.8, 4) is 11.1 Å². The van der Waals surface area contributed by atoms with Crippen LogP contribution in [0.1, 0.15) is 50.5 Å². The first-order valence-corrected chi connectivity index (χ1v) is 14.1. The van der Waals surface area contributed by atoms with Crippen LogP contribution in [0.4, 0.5) is 4.39 Å². The molecule has 208 valence electrons. The molecule has 6 rings (SSSR count). The highest BCUT2D eigenvalue weighted by molar-refractivity contribution is 5.91. The van der Waals surface area contributed by atoms with Crippen LogP contribution in [-0.2, 0) is 35.6 Å². The Bertz CT molecular complexity index is 1570. The Morgan fingerprint density at radius 2 is 1.76 bits per heavy atom. The van der Waals surface area contributed by atoms with Gasteiger partial charge in [-0.05, 0) is 82.0 Å². The van der Waals surface area contributed by atoms with E-state index in [4.69, 9.17) is 4.74 Å². The van der Waals surface area contributed by atoms with Crippen LogP contribution >= 0.6 is 0 Å². The molecule has 0 spiro atoms. The van der Waals surface area contributed by atoms with E-state index in [1.54, 1.807) is 6.07 Å². The number of rotatable bonds is 8. The lowest BCUT2D eigenvalue weighted by Crippen LogP contribution is -2.32. The van der Waals surface area contributed by atoms with E-state index in [2.05, 4.69) is 34.5 Å². The molecule has 4 aromatic rings. The van der Waals surface area contributed by atoms with Gasteiger partial charge in [-0.2, -0.15) is 0 Å². The number of carbonyl (C=O) groups is 2. The number of nitrogens with zero attached hydrogens (tertiary/aromatic N) is 1. The van der Waals surface area contributed by atoms with Crippen molar-refractivity contribution in [2.24, 2.45) is 5.92 Å². The smallest absolute Gasteiger partial charge is 0.337 e. The highest BCUT2D eigenvalue weighted by atomic mass is 19.1. The summed E-state index contributed by atoms with van der Waals surface area (Å²) in [6.07, 6.45) is 1.71.